The van der Waals surface area contributed by atoms with Gasteiger partial charge in [-0.1, -0.05) is 0 Å². The summed E-state index contributed by atoms with van der Waals surface area (Å²) < 4.78 is 68.1. The fraction of sp³-hybridized carbons (Fsp3) is 0.500. The van der Waals surface area contributed by atoms with Gasteiger partial charge in [-0.25, -0.2) is 22.2 Å². The lowest BCUT2D eigenvalue weighted by molar-refractivity contribution is -0.0222. The molecular formula is C26H32BrF3N6O4S. The summed E-state index contributed by atoms with van der Waals surface area (Å²) >= 11 is 2.88. The number of carbonyl (C=O) groups is 1. The Hall–Kier alpha value is -2.91. The number of benzene rings is 1. The number of aryl methyl sites for hydroxylation is 1. The zero-order valence-electron chi connectivity index (χ0n) is 22.6. The van der Waals surface area contributed by atoms with Gasteiger partial charge in [0, 0.05) is 50.8 Å². The van der Waals surface area contributed by atoms with Crippen molar-refractivity contribution in [2.24, 2.45) is 0 Å². The summed E-state index contributed by atoms with van der Waals surface area (Å²) in [4.78, 5) is 25.8. The lowest BCUT2D eigenvalue weighted by Gasteiger charge is -2.32. The van der Waals surface area contributed by atoms with Crippen LogP contribution in [-0.4, -0.2) is 73.4 Å². The normalized spacial score (nSPS) is 18.2. The highest BCUT2D eigenvalue weighted by Gasteiger charge is 2.35. The van der Waals surface area contributed by atoms with Crippen molar-refractivity contribution in [1.82, 2.24) is 9.97 Å². The van der Waals surface area contributed by atoms with Crippen molar-refractivity contribution in [3.8, 4) is 0 Å². The standard InChI is InChI=1S/C26H32BrF3N6O4S/c1-16-13-22(33-25(31-16)36-11-7-26(29,30)8-12-36)32-24(38)20-4-3-19(34-41(39,40)17(2)15-37)14-21(20)35-9-5-18(6-10-35)23(27)28/h3-4,13-14,17,34,37H,5-12,15H2,1-2H3,(H,31,32,33,38)/t17-/m1/s1. The predicted octanol–water partition coefficient (Wildman–Crippen LogP) is 4.57. The van der Waals surface area contributed by atoms with E-state index in [2.05, 4.69) is 35.9 Å². The molecular weight excluding hydrogens is 629 g/mol. The van der Waals surface area contributed by atoms with E-state index in [0.29, 0.717) is 42.9 Å². The van der Waals surface area contributed by atoms with Crippen molar-refractivity contribution in [3.63, 3.8) is 0 Å². The maximum absolute atomic E-state index is 13.7. The number of carbonyl (C=O) groups excluding carboxylic acids is 1. The van der Waals surface area contributed by atoms with Crippen LogP contribution in [0.25, 0.3) is 0 Å². The molecule has 15 heteroatoms. The second-order valence-corrected chi connectivity index (χ2v) is 13.0. The minimum absolute atomic E-state index is 0.0840. The number of sulfonamides is 1. The highest BCUT2D eigenvalue weighted by Crippen LogP contribution is 2.33. The molecule has 2 aromatic rings. The zero-order valence-corrected chi connectivity index (χ0v) is 25.0. The number of halogens is 4. The topological polar surface area (TPSA) is 128 Å². The molecule has 2 saturated heterocycles. The molecule has 3 N–H and O–H groups in total. The Morgan fingerprint density at radius 1 is 1.12 bits per heavy atom. The van der Waals surface area contributed by atoms with Gasteiger partial charge in [-0.15, -0.1) is 0 Å². The molecule has 0 saturated carbocycles. The average Bonchev–Trinajstić information content (AvgIpc) is 2.92. The number of anilines is 4. The van der Waals surface area contributed by atoms with Crippen molar-refractivity contribution in [2.45, 2.75) is 50.7 Å². The fourth-order valence-corrected chi connectivity index (χ4v) is 5.84. The zero-order chi connectivity index (χ0) is 29.9. The smallest absolute Gasteiger partial charge is 0.258 e. The van der Waals surface area contributed by atoms with Crippen molar-refractivity contribution in [1.29, 1.82) is 0 Å². The van der Waals surface area contributed by atoms with E-state index in [1.165, 1.54) is 25.1 Å². The molecule has 2 aliphatic heterocycles. The van der Waals surface area contributed by atoms with Crippen molar-refractivity contribution in [3.05, 3.63) is 45.8 Å². The molecule has 1 atom stereocenters. The lowest BCUT2D eigenvalue weighted by atomic mass is 10.0. The Kier molecular flexibility index (Phi) is 9.49. The fourth-order valence-electron chi connectivity index (χ4n) is 4.59. The summed E-state index contributed by atoms with van der Waals surface area (Å²) in [5.74, 6) is -2.82. The maximum atomic E-state index is 13.7. The first-order valence-corrected chi connectivity index (χ1v) is 15.5. The van der Waals surface area contributed by atoms with Crippen LogP contribution in [0.4, 0.5) is 36.3 Å². The first-order valence-electron chi connectivity index (χ1n) is 13.1. The largest absolute Gasteiger partial charge is 0.395 e. The molecule has 0 bridgehead atoms. The van der Waals surface area contributed by atoms with Crippen molar-refractivity contribution >= 4 is 55.0 Å². The summed E-state index contributed by atoms with van der Waals surface area (Å²) in [6.45, 7) is 3.44. The van der Waals surface area contributed by atoms with Crippen molar-refractivity contribution < 1.29 is 31.5 Å². The second-order valence-electron chi connectivity index (χ2n) is 10.2. The Morgan fingerprint density at radius 3 is 2.39 bits per heavy atom. The second kappa shape index (κ2) is 12.5. The molecule has 0 radical (unpaired) electrons. The van der Waals surface area contributed by atoms with Crippen LogP contribution in [0, 0.1) is 6.92 Å². The number of aliphatic hydroxyl groups is 1. The van der Waals surface area contributed by atoms with Gasteiger partial charge in [0.1, 0.15) is 11.1 Å². The van der Waals surface area contributed by atoms with Gasteiger partial charge in [-0.2, -0.15) is 9.37 Å². The average molecular weight is 662 g/mol. The molecule has 0 aliphatic carbocycles. The number of nitrogens with one attached hydrogen (secondary N) is 2. The first-order chi connectivity index (χ1) is 19.3. The van der Waals surface area contributed by atoms with Gasteiger partial charge in [-0.05, 0) is 66.4 Å². The van der Waals surface area contributed by atoms with Gasteiger partial charge >= 0.3 is 0 Å². The molecule has 10 nitrogen and oxygen atoms in total. The van der Waals surface area contributed by atoms with Crippen LogP contribution < -0.4 is 19.8 Å². The lowest BCUT2D eigenvalue weighted by Crippen LogP contribution is -2.40. The minimum Gasteiger partial charge on any atom is -0.395 e. The number of amides is 1. The van der Waals surface area contributed by atoms with E-state index in [1.807, 2.05) is 4.90 Å². The van der Waals surface area contributed by atoms with Gasteiger partial charge < -0.3 is 20.2 Å². The molecule has 4 rings (SSSR count). The number of hydrogen-bond donors (Lipinski definition) is 3. The van der Waals surface area contributed by atoms with Crippen LogP contribution in [0.5, 0.6) is 0 Å². The van der Waals surface area contributed by atoms with E-state index in [9.17, 15) is 31.5 Å². The molecule has 1 amide bonds. The summed E-state index contributed by atoms with van der Waals surface area (Å²) in [7, 11) is -3.89. The molecule has 0 spiro atoms. The Labute approximate surface area is 245 Å². The molecule has 0 unspecified atom stereocenters. The highest BCUT2D eigenvalue weighted by atomic mass is 79.9. The van der Waals surface area contributed by atoms with Gasteiger partial charge in [0.2, 0.25) is 16.0 Å². The third-order valence-electron chi connectivity index (χ3n) is 7.13. The monoisotopic (exact) mass is 660 g/mol. The number of alkyl halides is 2. The molecule has 3 heterocycles. The Bertz CT molecular complexity index is 1420. The van der Waals surface area contributed by atoms with Crippen molar-refractivity contribution in [2.75, 3.05) is 52.6 Å². The Morgan fingerprint density at radius 2 is 1.78 bits per heavy atom. The van der Waals surface area contributed by atoms with Crippen LogP contribution in [0.1, 0.15) is 48.7 Å². The number of hydrogen-bond acceptors (Lipinski definition) is 8. The number of aliphatic hydroxyl groups excluding tert-OH is 1. The summed E-state index contributed by atoms with van der Waals surface area (Å²) in [6.07, 6.45) is 0.181. The Balaban J connectivity index is 1.62. The third-order valence-corrected chi connectivity index (χ3v) is 9.42. The number of nitrogens with zero attached hydrogens (tertiary/aromatic N) is 4. The van der Waals surface area contributed by atoms with E-state index in [0.717, 1.165) is 0 Å². The van der Waals surface area contributed by atoms with Gasteiger partial charge in [0.05, 0.1) is 23.5 Å². The third kappa shape index (κ3) is 7.68. The van der Waals surface area contributed by atoms with E-state index in [4.69, 9.17) is 0 Å². The quantitative estimate of drug-likeness (QED) is 0.376. The molecule has 41 heavy (non-hydrogen) atoms. The van der Waals surface area contributed by atoms with E-state index in [-0.39, 0.29) is 48.9 Å². The molecule has 2 aliphatic rings. The van der Waals surface area contributed by atoms with E-state index < -0.39 is 38.4 Å². The summed E-state index contributed by atoms with van der Waals surface area (Å²) in [6, 6.07) is 6.01. The molecule has 1 aromatic heterocycles. The van der Waals surface area contributed by atoms with Gasteiger partial charge in [-0.3, -0.25) is 9.52 Å². The van der Waals surface area contributed by atoms with Crippen LogP contribution in [0.3, 0.4) is 0 Å². The SMILES string of the molecule is Cc1cc(NC(=O)c2ccc(NS(=O)(=O)[C@H](C)CO)cc2N2CCC(=C(F)Br)CC2)nc(N2CCC(F)(F)CC2)n1. The van der Waals surface area contributed by atoms with Crippen LogP contribution in [-0.2, 0) is 10.0 Å². The van der Waals surface area contributed by atoms with Gasteiger partial charge in [0.15, 0.2) is 4.74 Å². The van der Waals surface area contributed by atoms with Crippen LogP contribution in [0.2, 0.25) is 0 Å². The van der Waals surface area contributed by atoms with Gasteiger partial charge in [0.25, 0.3) is 11.8 Å². The summed E-state index contributed by atoms with van der Waals surface area (Å²) in [5.41, 5.74) is 2.01. The minimum atomic E-state index is -3.89. The summed E-state index contributed by atoms with van der Waals surface area (Å²) in [5, 5.41) is 11.0. The maximum Gasteiger partial charge on any atom is 0.258 e. The van der Waals surface area contributed by atoms with Crippen LogP contribution >= 0.6 is 15.9 Å². The predicted molar refractivity (Wildman–Crippen MR) is 155 cm³/mol. The van der Waals surface area contributed by atoms with E-state index in [1.54, 1.807) is 17.9 Å². The number of piperidine rings is 2. The van der Waals surface area contributed by atoms with E-state index >= 15 is 0 Å². The number of rotatable bonds is 8. The molecule has 224 valence electrons. The molecule has 1 aromatic carbocycles. The molecule has 2 fully saturated rings. The number of aromatic nitrogens is 2. The highest BCUT2D eigenvalue weighted by molar-refractivity contribution is 9.11. The first kappa shape index (κ1) is 31.0. The van der Waals surface area contributed by atoms with Crippen LogP contribution in [0.15, 0.2) is 34.6 Å².